The van der Waals surface area contributed by atoms with Crippen LogP contribution in [0.5, 0.6) is 0 Å². The highest BCUT2D eigenvalue weighted by Gasteiger charge is 2.30. The fourth-order valence-corrected chi connectivity index (χ4v) is 10.1. The number of phosphoric acid groups is 1. The van der Waals surface area contributed by atoms with Crippen LogP contribution in [0.2, 0.25) is 0 Å². The predicted molar refractivity (Wildman–Crippen MR) is 337 cm³/mol. The number of carbonyl (C=O) groups excluding carboxylic acids is 2. The average Bonchev–Trinajstić information content (AvgIpc) is 3.40. The molecular formula is C68H126N2O7P+. The molecule has 1 amide bonds. The number of hydrogen-bond donors (Lipinski definition) is 2. The van der Waals surface area contributed by atoms with Crippen molar-refractivity contribution in [1.82, 2.24) is 5.32 Å². The molecule has 0 aromatic heterocycles. The molecule has 10 heteroatoms. The summed E-state index contributed by atoms with van der Waals surface area (Å²) in [6.07, 6.45) is 74.8. The number of carbonyl (C=O) groups is 2. The van der Waals surface area contributed by atoms with Crippen molar-refractivity contribution in [2.24, 2.45) is 0 Å². The van der Waals surface area contributed by atoms with Gasteiger partial charge >= 0.3 is 13.8 Å². The highest BCUT2D eigenvalue weighted by molar-refractivity contribution is 7.47. The number of ether oxygens (including phenoxy) is 1. The molecule has 0 radical (unpaired) electrons. The Hall–Kier alpha value is -2.55. The van der Waals surface area contributed by atoms with Crippen LogP contribution in [0.15, 0.2) is 72.9 Å². The van der Waals surface area contributed by atoms with Crippen LogP contribution >= 0.6 is 7.82 Å². The molecule has 3 unspecified atom stereocenters. The van der Waals surface area contributed by atoms with Crippen molar-refractivity contribution in [2.75, 3.05) is 40.9 Å². The van der Waals surface area contributed by atoms with E-state index < -0.39 is 20.0 Å². The molecule has 0 aliphatic heterocycles. The Morgan fingerprint density at radius 3 is 1.24 bits per heavy atom. The van der Waals surface area contributed by atoms with Gasteiger partial charge in [-0.15, -0.1) is 0 Å². The molecule has 0 aromatic rings. The minimum atomic E-state index is -4.46. The molecule has 9 nitrogen and oxygen atoms in total. The lowest BCUT2D eigenvalue weighted by Crippen LogP contribution is -2.47. The number of rotatable bonds is 59. The minimum Gasteiger partial charge on any atom is -0.456 e. The van der Waals surface area contributed by atoms with E-state index >= 15 is 0 Å². The van der Waals surface area contributed by atoms with E-state index in [1.165, 1.54) is 167 Å². The number of nitrogens with one attached hydrogen (secondary N) is 1. The summed E-state index contributed by atoms with van der Waals surface area (Å²) < 4.78 is 30.7. The lowest BCUT2D eigenvalue weighted by Gasteiger charge is -2.27. The summed E-state index contributed by atoms with van der Waals surface area (Å²) in [5.41, 5.74) is 0. The second kappa shape index (κ2) is 57.7. The zero-order valence-electron chi connectivity index (χ0n) is 51.9. The van der Waals surface area contributed by atoms with Gasteiger partial charge in [0, 0.05) is 12.8 Å². The maximum atomic E-state index is 13.6. The predicted octanol–water partition coefficient (Wildman–Crippen LogP) is 20.4. The Labute approximate surface area is 483 Å². The van der Waals surface area contributed by atoms with Crippen LogP contribution in [0, 0.1) is 0 Å². The summed E-state index contributed by atoms with van der Waals surface area (Å²) in [6.45, 7) is 6.90. The van der Waals surface area contributed by atoms with Crippen LogP contribution in [-0.2, 0) is 27.9 Å². The van der Waals surface area contributed by atoms with Crippen molar-refractivity contribution >= 4 is 19.7 Å². The Morgan fingerprint density at radius 2 is 0.821 bits per heavy atom. The Morgan fingerprint density at radius 1 is 0.462 bits per heavy atom. The quantitative estimate of drug-likeness (QED) is 0.0205. The average molecular weight is 1110 g/mol. The molecule has 0 saturated carbocycles. The van der Waals surface area contributed by atoms with Gasteiger partial charge in [0.25, 0.3) is 0 Å². The summed E-state index contributed by atoms with van der Waals surface area (Å²) in [5, 5.41) is 3.04. The number of phosphoric ester groups is 1. The third kappa shape index (κ3) is 58.1. The molecule has 454 valence electrons. The van der Waals surface area contributed by atoms with Gasteiger partial charge in [-0.05, 0) is 76.7 Å². The van der Waals surface area contributed by atoms with Gasteiger partial charge < -0.3 is 19.4 Å². The number of likely N-dealkylation sites (N-methyl/N-ethyl adjacent to an activating group) is 1. The van der Waals surface area contributed by atoms with Crippen LogP contribution in [0.3, 0.4) is 0 Å². The fourth-order valence-electron chi connectivity index (χ4n) is 9.38. The third-order valence-corrected chi connectivity index (χ3v) is 15.4. The lowest BCUT2D eigenvalue weighted by atomic mass is 10.0. The largest absolute Gasteiger partial charge is 0.472 e. The second-order valence-corrected chi connectivity index (χ2v) is 24.7. The summed E-state index contributed by atoms with van der Waals surface area (Å²) >= 11 is 0. The van der Waals surface area contributed by atoms with E-state index in [0.29, 0.717) is 23.9 Å². The van der Waals surface area contributed by atoms with E-state index in [1.807, 2.05) is 33.3 Å². The normalized spacial score (nSPS) is 14.1. The van der Waals surface area contributed by atoms with E-state index in [2.05, 4.69) is 86.8 Å². The first-order chi connectivity index (χ1) is 37.9. The lowest BCUT2D eigenvalue weighted by molar-refractivity contribution is -0.870. The molecule has 0 aromatic carbocycles. The van der Waals surface area contributed by atoms with Crippen molar-refractivity contribution in [3.63, 3.8) is 0 Å². The number of allylic oxidation sites excluding steroid dienone is 11. The fraction of sp³-hybridized carbons (Fsp3) is 0.794. The standard InChI is InChI=1S/C68H125N2O7P/c1-7-10-13-16-19-22-25-28-30-32-34-35-37-39-41-43-46-49-52-55-58-61-68(72)77-66(59-56-53-50-47-44-27-24-21-18-15-12-9-3)65(64-76-78(73,74)75-63-62-70(4,5)6)69-67(71)60-57-54-51-48-45-42-40-38-36-33-31-29-26-23-20-17-14-11-8-2/h11,14,20,23,29,31,36,38,42,45,56,59,65-66H,7-10,12-13,15-19,21-22,24-28,30,32-35,37,39-41,43-44,46-55,57-58,60-64H2,1-6H3,(H-,69,71,73,74)/p+1/b14-11-,23-20-,31-29-,38-36-,45-42-,59-56+. The van der Waals surface area contributed by atoms with Gasteiger partial charge in [0.05, 0.1) is 33.8 Å². The molecule has 0 saturated heterocycles. The second-order valence-electron chi connectivity index (χ2n) is 23.3. The van der Waals surface area contributed by atoms with Crippen molar-refractivity contribution in [3.05, 3.63) is 72.9 Å². The van der Waals surface area contributed by atoms with Crippen LogP contribution in [0.25, 0.3) is 0 Å². The highest BCUT2D eigenvalue weighted by Crippen LogP contribution is 2.43. The Balaban J connectivity index is 5.22. The van der Waals surface area contributed by atoms with Crippen LogP contribution < -0.4 is 5.32 Å². The number of hydrogen-bond acceptors (Lipinski definition) is 6. The van der Waals surface area contributed by atoms with Crippen LogP contribution in [0.1, 0.15) is 297 Å². The monoisotopic (exact) mass is 1110 g/mol. The van der Waals surface area contributed by atoms with E-state index in [4.69, 9.17) is 13.8 Å². The number of nitrogens with zero attached hydrogens (tertiary/aromatic N) is 1. The van der Waals surface area contributed by atoms with E-state index in [0.717, 1.165) is 89.9 Å². The van der Waals surface area contributed by atoms with Crippen LogP contribution in [0.4, 0.5) is 0 Å². The molecule has 0 bridgehead atoms. The van der Waals surface area contributed by atoms with E-state index in [9.17, 15) is 19.0 Å². The van der Waals surface area contributed by atoms with Crippen molar-refractivity contribution in [1.29, 1.82) is 0 Å². The minimum absolute atomic E-state index is 0.0323. The molecule has 3 atom stereocenters. The summed E-state index contributed by atoms with van der Waals surface area (Å²) in [6, 6.07) is -0.867. The van der Waals surface area contributed by atoms with Gasteiger partial charge in [-0.3, -0.25) is 18.6 Å². The number of unbranched alkanes of at least 4 members (excludes halogenated alkanes) is 33. The zero-order valence-corrected chi connectivity index (χ0v) is 52.8. The molecule has 78 heavy (non-hydrogen) atoms. The maximum absolute atomic E-state index is 13.6. The van der Waals surface area contributed by atoms with Crippen molar-refractivity contribution in [2.45, 2.75) is 309 Å². The van der Waals surface area contributed by atoms with E-state index in [1.54, 1.807) is 0 Å². The molecule has 0 aliphatic carbocycles. The van der Waals surface area contributed by atoms with E-state index in [-0.39, 0.29) is 31.5 Å². The number of esters is 1. The maximum Gasteiger partial charge on any atom is 0.472 e. The topological polar surface area (TPSA) is 111 Å². The first-order valence-electron chi connectivity index (χ1n) is 32.8. The molecule has 0 fully saturated rings. The smallest absolute Gasteiger partial charge is 0.456 e. The first kappa shape index (κ1) is 75.5. The van der Waals surface area contributed by atoms with Crippen LogP contribution in [-0.4, -0.2) is 74.3 Å². The summed E-state index contributed by atoms with van der Waals surface area (Å²) in [5.74, 6) is -0.534. The van der Waals surface area contributed by atoms with Gasteiger partial charge in [-0.2, -0.15) is 0 Å². The van der Waals surface area contributed by atoms with Gasteiger partial charge in [0.2, 0.25) is 5.91 Å². The summed E-state index contributed by atoms with van der Waals surface area (Å²) in [4.78, 5) is 37.8. The molecular weight excluding hydrogens is 988 g/mol. The Kier molecular flexibility index (Phi) is 55.8. The zero-order chi connectivity index (χ0) is 57.2. The van der Waals surface area contributed by atoms with Gasteiger partial charge in [0.1, 0.15) is 19.3 Å². The number of amides is 1. The molecule has 0 heterocycles. The molecule has 0 aliphatic rings. The summed E-state index contributed by atoms with van der Waals surface area (Å²) in [7, 11) is 1.47. The van der Waals surface area contributed by atoms with Crippen molar-refractivity contribution in [3.8, 4) is 0 Å². The first-order valence-corrected chi connectivity index (χ1v) is 34.3. The molecule has 0 rings (SSSR count). The highest BCUT2D eigenvalue weighted by atomic mass is 31.2. The molecule has 2 N–H and O–H groups in total. The van der Waals surface area contributed by atoms with Gasteiger partial charge in [-0.1, -0.05) is 280 Å². The molecule has 0 spiro atoms. The Bertz CT molecular complexity index is 1570. The van der Waals surface area contributed by atoms with Crippen molar-refractivity contribution < 1.29 is 37.3 Å². The number of quaternary nitrogens is 1. The SMILES string of the molecule is CC/C=C\C/C=C\C/C=C\C/C=C\C/C=C\CCCCCC(=O)NC(COP(=O)(O)OCC[N+](C)(C)C)C(/C=C/CCCCCCCCCCCC)OC(=O)CCCCCCCCCCCCCCCCCCCCCCC. The van der Waals surface area contributed by atoms with Gasteiger partial charge in [0.15, 0.2) is 0 Å². The third-order valence-electron chi connectivity index (χ3n) is 14.4. The van der Waals surface area contributed by atoms with Gasteiger partial charge in [-0.25, -0.2) is 4.57 Å².